The van der Waals surface area contributed by atoms with E-state index in [4.69, 9.17) is 5.11 Å². The number of carboxylic acids is 1. The minimum Gasteiger partial charge on any atom is -0.480 e. The zero-order valence-electron chi connectivity index (χ0n) is 9.44. The normalized spacial score (nSPS) is 20.2. The number of halogens is 3. The van der Waals surface area contributed by atoms with Gasteiger partial charge in [0.1, 0.15) is 6.04 Å². The maximum atomic E-state index is 12.9. The van der Waals surface area contributed by atoms with Crippen molar-refractivity contribution < 1.29 is 23.1 Å². The molecule has 1 fully saturated rings. The van der Waals surface area contributed by atoms with Crippen molar-refractivity contribution in [3.63, 3.8) is 0 Å². The van der Waals surface area contributed by atoms with Gasteiger partial charge >= 0.3 is 12.1 Å². The third kappa shape index (κ3) is 2.27. The second-order valence-electron chi connectivity index (χ2n) is 4.20. The minimum atomic E-state index is -4.47. The summed E-state index contributed by atoms with van der Waals surface area (Å²) in [7, 11) is 0. The van der Waals surface area contributed by atoms with E-state index >= 15 is 0 Å². The Bertz CT molecular complexity index is 459. The Kier molecular flexibility index (Phi) is 3.19. The van der Waals surface area contributed by atoms with Gasteiger partial charge in [-0.1, -0.05) is 12.1 Å². The molecule has 6 heteroatoms. The molecule has 3 nitrogen and oxygen atoms in total. The number of alkyl halides is 3. The average molecular weight is 259 g/mol. The zero-order valence-corrected chi connectivity index (χ0v) is 9.44. The second kappa shape index (κ2) is 4.51. The number of carbonyl (C=O) groups is 1. The lowest BCUT2D eigenvalue weighted by molar-refractivity contribution is -0.140. The van der Waals surface area contributed by atoms with Crippen LogP contribution in [0.1, 0.15) is 18.4 Å². The van der Waals surface area contributed by atoms with Crippen LogP contribution in [0.15, 0.2) is 24.3 Å². The van der Waals surface area contributed by atoms with Crippen LogP contribution < -0.4 is 4.90 Å². The maximum absolute atomic E-state index is 12.9. The lowest BCUT2D eigenvalue weighted by Crippen LogP contribution is -2.37. The van der Waals surface area contributed by atoms with Gasteiger partial charge in [-0.3, -0.25) is 0 Å². The molecule has 0 aliphatic carbocycles. The van der Waals surface area contributed by atoms with E-state index in [9.17, 15) is 18.0 Å². The molecule has 0 radical (unpaired) electrons. The van der Waals surface area contributed by atoms with E-state index in [0.29, 0.717) is 19.4 Å². The lowest BCUT2D eigenvalue weighted by atomic mass is 10.1. The summed E-state index contributed by atoms with van der Waals surface area (Å²) in [4.78, 5) is 12.3. The Balaban J connectivity index is 2.42. The molecule has 0 spiro atoms. The van der Waals surface area contributed by atoms with E-state index in [-0.39, 0.29) is 5.69 Å². The second-order valence-corrected chi connectivity index (χ2v) is 4.20. The molecule has 1 aliphatic heterocycles. The van der Waals surface area contributed by atoms with Gasteiger partial charge in [0.2, 0.25) is 0 Å². The minimum absolute atomic E-state index is 0.0464. The van der Waals surface area contributed by atoms with Crippen LogP contribution >= 0.6 is 0 Å². The molecule has 98 valence electrons. The summed E-state index contributed by atoms with van der Waals surface area (Å²) in [6.07, 6.45) is -3.51. The molecule has 1 atom stereocenters. The third-order valence-corrected chi connectivity index (χ3v) is 3.06. The van der Waals surface area contributed by atoms with Crippen LogP contribution in [-0.4, -0.2) is 23.7 Å². The molecular formula is C12H12F3NO2. The van der Waals surface area contributed by atoms with Gasteiger partial charge in [0.05, 0.1) is 5.56 Å². The molecule has 0 aromatic heterocycles. The van der Waals surface area contributed by atoms with Gasteiger partial charge in [0.15, 0.2) is 0 Å². The molecule has 0 amide bonds. The van der Waals surface area contributed by atoms with Crippen LogP contribution in [0.2, 0.25) is 0 Å². The molecule has 1 aliphatic rings. The first-order valence-corrected chi connectivity index (χ1v) is 5.57. The Morgan fingerprint density at radius 2 is 2.00 bits per heavy atom. The predicted molar refractivity (Wildman–Crippen MR) is 59.4 cm³/mol. The molecule has 1 heterocycles. The molecule has 0 bridgehead atoms. The van der Waals surface area contributed by atoms with Gasteiger partial charge in [-0.15, -0.1) is 0 Å². The van der Waals surface area contributed by atoms with Crippen LogP contribution in [0.3, 0.4) is 0 Å². The van der Waals surface area contributed by atoms with Crippen molar-refractivity contribution in [1.29, 1.82) is 0 Å². The number of hydrogen-bond donors (Lipinski definition) is 1. The standard InChI is InChI=1S/C12H12F3NO2/c13-12(14,15)8-4-1-2-5-9(8)16-7-3-6-10(16)11(17)18/h1-2,4-5,10H,3,6-7H2,(H,17,18). The molecule has 1 saturated heterocycles. The van der Waals surface area contributed by atoms with Crippen molar-refractivity contribution in [3.8, 4) is 0 Å². The Morgan fingerprint density at radius 1 is 1.33 bits per heavy atom. The molecule has 2 rings (SSSR count). The van der Waals surface area contributed by atoms with E-state index in [0.717, 1.165) is 6.07 Å². The van der Waals surface area contributed by atoms with Crippen LogP contribution in [0, 0.1) is 0 Å². The number of aliphatic carboxylic acids is 1. The van der Waals surface area contributed by atoms with Crippen molar-refractivity contribution in [3.05, 3.63) is 29.8 Å². The van der Waals surface area contributed by atoms with Gasteiger partial charge in [0.25, 0.3) is 0 Å². The first-order valence-electron chi connectivity index (χ1n) is 5.57. The molecule has 1 unspecified atom stereocenters. The Hall–Kier alpha value is -1.72. The highest BCUT2D eigenvalue weighted by molar-refractivity contribution is 5.79. The van der Waals surface area contributed by atoms with Gasteiger partial charge in [-0.25, -0.2) is 4.79 Å². The summed E-state index contributed by atoms with van der Waals surface area (Å²) in [5.74, 6) is -1.08. The van der Waals surface area contributed by atoms with Crippen LogP contribution in [0.5, 0.6) is 0 Å². The molecular weight excluding hydrogens is 247 g/mol. The lowest BCUT2D eigenvalue weighted by Gasteiger charge is -2.26. The van der Waals surface area contributed by atoms with Gasteiger partial charge in [0, 0.05) is 12.2 Å². The fourth-order valence-corrected chi connectivity index (χ4v) is 2.28. The van der Waals surface area contributed by atoms with Gasteiger partial charge in [-0.05, 0) is 25.0 Å². The van der Waals surface area contributed by atoms with Crippen LogP contribution in [-0.2, 0) is 11.0 Å². The molecule has 1 N–H and O–H groups in total. The smallest absolute Gasteiger partial charge is 0.418 e. The maximum Gasteiger partial charge on any atom is 0.418 e. The molecule has 18 heavy (non-hydrogen) atoms. The molecule has 0 saturated carbocycles. The Labute approximate surface area is 102 Å². The highest BCUT2D eigenvalue weighted by atomic mass is 19.4. The van der Waals surface area contributed by atoms with E-state index in [1.807, 2.05) is 0 Å². The quantitative estimate of drug-likeness (QED) is 0.887. The number of nitrogens with zero attached hydrogens (tertiary/aromatic N) is 1. The first kappa shape index (κ1) is 12.7. The molecule has 1 aromatic rings. The first-order chi connectivity index (χ1) is 8.41. The number of anilines is 1. The Morgan fingerprint density at radius 3 is 2.61 bits per heavy atom. The van der Waals surface area contributed by atoms with Crippen molar-refractivity contribution in [2.45, 2.75) is 25.1 Å². The van der Waals surface area contributed by atoms with Crippen LogP contribution in [0.4, 0.5) is 18.9 Å². The zero-order chi connectivity index (χ0) is 13.3. The summed E-state index contributed by atoms with van der Waals surface area (Å²) >= 11 is 0. The largest absolute Gasteiger partial charge is 0.480 e. The third-order valence-electron chi connectivity index (χ3n) is 3.06. The topological polar surface area (TPSA) is 40.5 Å². The summed E-state index contributed by atoms with van der Waals surface area (Å²) in [5, 5.41) is 9.02. The van der Waals surface area contributed by atoms with Crippen molar-refractivity contribution in [1.82, 2.24) is 0 Å². The van der Waals surface area contributed by atoms with Crippen molar-refractivity contribution in [2.75, 3.05) is 11.4 Å². The van der Waals surface area contributed by atoms with E-state index in [1.54, 1.807) is 0 Å². The number of hydrogen-bond acceptors (Lipinski definition) is 2. The average Bonchev–Trinajstić information content (AvgIpc) is 2.76. The SMILES string of the molecule is O=C(O)C1CCCN1c1ccccc1C(F)(F)F. The summed E-state index contributed by atoms with van der Waals surface area (Å²) in [6.45, 7) is 0.337. The predicted octanol–water partition coefficient (Wildman–Crippen LogP) is 2.76. The van der Waals surface area contributed by atoms with E-state index in [2.05, 4.69) is 0 Å². The van der Waals surface area contributed by atoms with Crippen LogP contribution in [0.25, 0.3) is 0 Å². The van der Waals surface area contributed by atoms with Gasteiger partial charge in [-0.2, -0.15) is 13.2 Å². The van der Waals surface area contributed by atoms with Crippen molar-refractivity contribution in [2.24, 2.45) is 0 Å². The molecule has 1 aromatic carbocycles. The highest BCUT2D eigenvalue weighted by Gasteiger charge is 2.38. The van der Waals surface area contributed by atoms with E-state index < -0.39 is 23.8 Å². The van der Waals surface area contributed by atoms with Crippen molar-refractivity contribution >= 4 is 11.7 Å². The summed E-state index contributed by atoms with van der Waals surface area (Å²) in [5.41, 5.74) is -0.826. The number of rotatable bonds is 2. The highest BCUT2D eigenvalue weighted by Crippen LogP contribution is 2.38. The monoisotopic (exact) mass is 259 g/mol. The number of carboxylic acid groups (broad SMARTS) is 1. The van der Waals surface area contributed by atoms with E-state index in [1.165, 1.54) is 23.1 Å². The summed E-state index contributed by atoms with van der Waals surface area (Å²) in [6, 6.07) is 4.23. The number of benzene rings is 1. The summed E-state index contributed by atoms with van der Waals surface area (Å²) < 4.78 is 38.6. The fraction of sp³-hybridized carbons (Fsp3) is 0.417. The number of para-hydroxylation sites is 1. The van der Waals surface area contributed by atoms with Gasteiger partial charge < -0.3 is 10.0 Å². The fourth-order valence-electron chi connectivity index (χ4n) is 2.28.